The molecule has 0 bridgehead atoms. The first-order valence-corrected chi connectivity index (χ1v) is 5.08. The van der Waals surface area contributed by atoms with Crippen LogP contribution in [0.3, 0.4) is 0 Å². The molecule has 1 aliphatic rings. The van der Waals surface area contributed by atoms with Gasteiger partial charge in [-0.15, -0.1) is 0 Å². The van der Waals surface area contributed by atoms with Crippen LogP contribution < -0.4 is 0 Å². The van der Waals surface area contributed by atoms with Crippen LogP contribution in [-0.2, 0) is 9.53 Å². The quantitative estimate of drug-likeness (QED) is 0.585. The summed E-state index contributed by atoms with van der Waals surface area (Å²) in [6.45, 7) is 6.52. The van der Waals surface area contributed by atoms with Crippen molar-refractivity contribution in [1.29, 1.82) is 0 Å². The molecule has 76 valence electrons. The molecular weight excluding hydrogens is 164 g/mol. The number of esters is 1. The molecule has 0 radical (unpaired) electrons. The van der Waals surface area contributed by atoms with Crippen LogP contribution in [0.1, 0.15) is 40.0 Å². The van der Waals surface area contributed by atoms with Gasteiger partial charge in [0.2, 0.25) is 0 Å². The van der Waals surface area contributed by atoms with Crippen LogP contribution in [0.25, 0.3) is 0 Å². The third-order valence-corrected chi connectivity index (χ3v) is 3.57. The Morgan fingerprint density at radius 2 is 2.00 bits per heavy atom. The van der Waals surface area contributed by atoms with Crippen molar-refractivity contribution < 1.29 is 9.53 Å². The zero-order chi connectivity index (χ0) is 10.1. The first-order valence-electron chi connectivity index (χ1n) is 5.08. The summed E-state index contributed by atoms with van der Waals surface area (Å²) in [6.07, 6.45) is 3.10. The summed E-state index contributed by atoms with van der Waals surface area (Å²) in [5.74, 6) is 1.35. The predicted octanol–water partition coefficient (Wildman–Crippen LogP) is 2.62. The molecule has 0 aromatic heterocycles. The molecule has 0 heterocycles. The van der Waals surface area contributed by atoms with E-state index in [-0.39, 0.29) is 11.4 Å². The van der Waals surface area contributed by atoms with Crippen LogP contribution in [0.4, 0.5) is 0 Å². The summed E-state index contributed by atoms with van der Waals surface area (Å²) in [6, 6.07) is 0. The number of carbonyl (C=O) groups excluding carboxylic acids is 1. The Morgan fingerprint density at radius 1 is 1.38 bits per heavy atom. The lowest BCUT2D eigenvalue weighted by molar-refractivity contribution is -0.155. The number of hydrogen-bond donors (Lipinski definition) is 0. The van der Waals surface area contributed by atoms with Crippen LogP contribution >= 0.6 is 0 Å². The van der Waals surface area contributed by atoms with E-state index in [1.54, 1.807) is 0 Å². The topological polar surface area (TPSA) is 26.3 Å². The Balaban J connectivity index is 2.66. The molecule has 1 rings (SSSR count). The summed E-state index contributed by atoms with van der Waals surface area (Å²) in [5.41, 5.74) is -0.222. The van der Waals surface area contributed by atoms with Crippen molar-refractivity contribution in [1.82, 2.24) is 0 Å². The third kappa shape index (κ3) is 2.04. The Kier molecular flexibility index (Phi) is 2.99. The molecule has 0 saturated heterocycles. The van der Waals surface area contributed by atoms with Crippen molar-refractivity contribution in [3.63, 3.8) is 0 Å². The van der Waals surface area contributed by atoms with Gasteiger partial charge in [0, 0.05) is 0 Å². The van der Waals surface area contributed by atoms with E-state index in [2.05, 4.69) is 13.8 Å². The van der Waals surface area contributed by atoms with E-state index in [0.717, 1.165) is 25.2 Å². The van der Waals surface area contributed by atoms with E-state index in [0.29, 0.717) is 5.92 Å². The second-order valence-electron chi connectivity index (χ2n) is 4.75. The minimum atomic E-state index is -0.222. The molecule has 0 N–H and O–H groups in total. The van der Waals surface area contributed by atoms with Crippen LogP contribution in [-0.4, -0.2) is 13.1 Å². The van der Waals surface area contributed by atoms with Gasteiger partial charge >= 0.3 is 5.97 Å². The molecule has 1 aliphatic carbocycles. The van der Waals surface area contributed by atoms with Gasteiger partial charge in [-0.2, -0.15) is 0 Å². The Hall–Kier alpha value is -0.530. The molecule has 3 atom stereocenters. The van der Waals surface area contributed by atoms with E-state index >= 15 is 0 Å². The SMILES string of the molecule is COC(=O)C1(C)CCC(C)C(C)C1. The van der Waals surface area contributed by atoms with Crippen LogP contribution in [0.2, 0.25) is 0 Å². The maximum atomic E-state index is 11.5. The molecule has 2 heteroatoms. The minimum absolute atomic E-state index is 0.0359. The highest BCUT2D eigenvalue weighted by Crippen LogP contribution is 2.42. The lowest BCUT2D eigenvalue weighted by atomic mass is 9.67. The summed E-state index contributed by atoms with van der Waals surface area (Å²) in [5, 5.41) is 0. The van der Waals surface area contributed by atoms with Crippen molar-refractivity contribution >= 4 is 5.97 Å². The van der Waals surface area contributed by atoms with Crippen molar-refractivity contribution in [2.24, 2.45) is 17.3 Å². The zero-order valence-electron chi connectivity index (χ0n) is 9.09. The Labute approximate surface area is 80.7 Å². The summed E-state index contributed by atoms with van der Waals surface area (Å²) < 4.78 is 4.84. The average molecular weight is 184 g/mol. The van der Waals surface area contributed by atoms with Crippen LogP contribution in [0, 0.1) is 17.3 Å². The molecule has 0 aromatic rings. The lowest BCUT2D eigenvalue weighted by Crippen LogP contribution is -2.36. The van der Waals surface area contributed by atoms with E-state index in [4.69, 9.17) is 4.74 Å². The molecule has 3 unspecified atom stereocenters. The number of ether oxygens (including phenoxy) is 1. The molecule has 0 aromatic carbocycles. The first-order chi connectivity index (χ1) is 5.99. The smallest absolute Gasteiger partial charge is 0.311 e. The van der Waals surface area contributed by atoms with Gasteiger partial charge in [0.05, 0.1) is 12.5 Å². The highest BCUT2D eigenvalue weighted by Gasteiger charge is 2.40. The number of methoxy groups -OCH3 is 1. The fourth-order valence-electron chi connectivity index (χ4n) is 2.28. The van der Waals surface area contributed by atoms with Crippen molar-refractivity contribution in [3.05, 3.63) is 0 Å². The first kappa shape index (κ1) is 10.6. The number of rotatable bonds is 1. The van der Waals surface area contributed by atoms with Gasteiger partial charge in [0.25, 0.3) is 0 Å². The number of hydrogen-bond acceptors (Lipinski definition) is 2. The monoisotopic (exact) mass is 184 g/mol. The van der Waals surface area contributed by atoms with E-state index in [1.807, 2.05) is 6.92 Å². The average Bonchev–Trinajstić information content (AvgIpc) is 2.11. The Morgan fingerprint density at radius 3 is 2.46 bits per heavy atom. The lowest BCUT2D eigenvalue weighted by Gasteiger charge is -2.38. The van der Waals surface area contributed by atoms with Crippen LogP contribution in [0.15, 0.2) is 0 Å². The van der Waals surface area contributed by atoms with Gasteiger partial charge in [-0.05, 0) is 38.0 Å². The van der Waals surface area contributed by atoms with E-state index in [1.165, 1.54) is 7.11 Å². The maximum Gasteiger partial charge on any atom is 0.311 e. The predicted molar refractivity (Wildman–Crippen MR) is 52.3 cm³/mol. The fraction of sp³-hybridized carbons (Fsp3) is 0.909. The minimum Gasteiger partial charge on any atom is -0.469 e. The highest BCUT2D eigenvalue weighted by atomic mass is 16.5. The van der Waals surface area contributed by atoms with Gasteiger partial charge in [-0.3, -0.25) is 4.79 Å². The van der Waals surface area contributed by atoms with E-state index < -0.39 is 0 Å². The molecule has 0 aliphatic heterocycles. The molecule has 1 fully saturated rings. The van der Waals surface area contributed by atoms with Gasteiger partial charge in [0.1, 0.15) is 0 Å². The molecule has 0 spiro atoms. The number of carbonyl (C=O) groups is 1. The summed E-state index contributed by atoms with van der Waals surface area (Å²) >= 11 is 0. The van der Waals surface area contributed by atoms with E-state index in [9.17, 15) is 4.79 Å². The fourth-order valence-corrected chi connectivity index (χ4v) is 2.28. The van der Waals surface area contributed by atoms with Crippen molar-refractivity contribution in [2.75, 3.05) is 7.11 Å². The summed E-state index contributed by atoms with van der Waals surface area (Å²) in [7, 11) is 1.48. The Bertz CT molecular complexity index is 200. The largest absolute Gasteiger partial charge is 0.469 e. The van der Waals surface area contributed by atoms with Gasteiger partial charge < -0.3 is 4.74 Å². The highest BCUT2D eigenvalue weighted by molar-refractivity contribution is 5.76. The third-order valence-electron chi connectivity index (χ3n) is 3.57. The normalized spacial score (nSPS) is 40.0. The van der Waals surface area contributed by atoms with Gasteiger partial charge in [-0.25, -0.2) is 0 Å². The summed E-state index contributed by atoms with van der Waals surface area (Å²) in [4.78, 5) is 11.5. The zero-order valence-corrected chi connectivity index (χ0v) is 9.09. The molecule has 2 nitrogen and oxygen atoms in total. The van der Waals surface area contributed by atoms with Crippen molar-refractivity contribution in [3.8, 4) is 0 Å². The molecule has 0 amide bonds. The molecule has 13 heavy (non-hydrogen) atoms. The standard InChI is InChI=1S/C11H20O2/c1-8-5-6-11(3,7-9(8)2)10(12)13-4/h8-9H,5-7H2,1-4H3. The van der Waals surface area contributed by atoms with Gasteiger partial charge in [-0.1, -0.05) is 13.8 Å². The van der Waals surface area contributed by atoms with Gasteiger partial charge in [0.15, 0.2) is 0 Å². The van der Waals surface area contributed by atoms with Crippen molar-refractivity contribution in [2.45, 2.75) is 40.0 Å². The second-order valence-corrected chi connectivity index (χ2v) is 4.75. The molecular formula is C11H20O2. The molecule has 1 saturated carbocycles. The van der Waals surface area contributed by atoms with Crippen LogP contribution in [0.5, 0.6) is 0 Å². The maximum absolute atomic E-state index is 11.5. The second kappa shape index (κ2) is 3.69.